The molecular formula is C34H48N2O4. The fourth-order valence-corrected chi connectivity index (χ4v) is 6.83. The number of hydrogen-bond donors (Lipinski definition) is 3. The van der Waals surface area contributed by atoms with E-state index >= 15 is 0 Å². The van der Waals surface area contributed by atoms with Gasteiger partial charge < -0.3 is 15.5 Å². The number of hydrogen-bond acceptors (Lipinski definition) is 5. The number of aliphatic hydroxyl groups is 1. The van der Waals surface area contributed by atoms with Gasteiger partial charge in [0.05, 0.1) is 18.2 Å². The molecule has 1 saturated heterocycles. The summed E-state index contributed by atoms with van der Waals surface area (Å²) in [6, 6.07) is 14.0. The topological polar surface area (TPSA) is 89.9 Å². The van der Waals surface area contributed by atoms with Crippen molar-refractivity contribution in [1.82, 2.24) is 10.2 Å². The second-order valence-corrected chi connectivity index (χ2v) is 13.8. The molecule has 6 heteroatoms. The zero-order valence-electron chi connectivity index (χ0n) is 25.0. The quantitative estimate of drug-likeness (QED) is 0.375. The first-order valence-corrected chi connectivity index (χ1v) is 14.9. The molecule has 3 N–H and O–H groups in total. The van der Waals surface area contributed by atoms with Gasteiger partial charge >= 0.3 is 0 Å². The minimum absolute atomic E-state index is 0.0665. The van der Waals surface area contributed by atoms with Crippen molar-refractivity contribution in [3.8, 4) is 5.75 Å². The van der Waals surface area contributed by atoms with Gasteiger partial charge in [-0.2, -0.15) is 0 Å². The molecule has 0 bridgehead atoms. The first-order valence-electron chi connectivity index (χ1n) is 14.9. The maximum Gasteiger partial charge on any atom is 0.252 e. The molecule has 1 aliphatic heterocycles. The summed E-state index contributed by atoms with van der Waals surface area (Å²) in [4.78, 5) is 29.3. The van der Waals surface area contributed by atoms with Gasteiger partial charge in [0.15, 0.2) is 5.78 Å². The van der Waals surface area contributed by atoms with Gasteiger partial charge in [-0.3, -0.25) is 14.5 Å². The summed E-state index contributed by atoms with van der Waals surface area (Å²) >= 11 is 0. The molecule has 2 unspecified atom stereocenters. The van der Waals surface area contributed by atoms with E-state index in [0.717, 1.165) is 31.4 Å². The van der Waals surface area contributed by atoms with Crippen molar-refractivity contribution in [2.24, 2.45) is 16.7 Å². The normalized spacial score (nSPS) is 25.1. The van der Waals surface area contributed by atoms with Crippen molar-refractivity contribution in [2.45, 2.75) is 97.8 Å². The number of nitrogens with zero attached hydrogens (tertiary/aromatic N) is 1. The van der Waals surface area contributed by atoms with E-state index in [1.165, 1.54) is 12.8 Å². The van der Waals surface area contributed by atoms with Gasteiger partial charge in [-0.1, -0.05) is 76.9 Å². The monoisotopic (exact) mass is 548 g/mol. The molecule has 1 heterocycles. The Morgan fingerprint density at radius 1 is 1.10 bits per heavy atom. The van der Waals surface area contributed by atoms with E-state index in [4.69, 9.17) is 0 Å². The van der Waals surface area contributed by atoms with E-state index < -0.39 is 12.1 Å². The standard InChI is InChI=1S/C34H48N2O4/c1-23-26(15-11-16-29(23)37)32(40)35-27(18-24-12-7-6-8-13-24)31(39)22-36-21-25-14-9-10-17-34(25,5)19-28(36)30(38)20-33(2,3)4/h6-8,11-13,15-16,25,27-28,31,37,39H,9-10,14,17-22H2,1-5H3,(H,35,40)/t25-,27?,28?,31-,34+/m1/s1. The molecule has 6 nitrogen and oxygen atoms in total. The molecular weight excluding hydrogens is 500 g/mol. The molecule has 1 amide bonds. The minimum atomic E-state index is -0.875. The number of β-amino-alcohol motifs (C(OH)–C–C–N with tert-alkyl or cyclic N) is 1. The maximum absolute atomic E-state index is 13.7. The molecule has 0 aromatic heterocycles. The Kier molecular flexibility index (Phi) is 9.41. The molecule has 218 valence electrons. The van der Waals surface area contributed by atoms with Crippen LogP contribution in [0.4, 0.5) is 0 Å². The fourth-order valence-electron chi connectivity index (χ4n) is 6.83. The number of aromatic hydroxyl groups is 1. The highest BCUT2D eigenvalue weighted by atomic mass is 16.3. The average Bonchev–Trinajstić information content (AvgIpc) is 2.89. The zero-order valence-corrected chi connectivity index (χ0v) is 25.0. The summed E-state index contributed by atoms with van der Waals surface area (Å²) in [5.41, 5.74) is 1.96. The zero-order chi connectivity index (χ0) is 29.1. The van der Waals surface area contributed by atoms with E-state index in [1.807, 2.05) is 30.3 Å². The molecule has 2 aliphatic rings. The third kappa shape index (κ3) is 7.32. The van der Waals surface area contributed by atoms with E-state index in [1.54, 1.807) is 25.1 Å². The predicted molar refractivity (Wildman–Crippen MR) is 159 cm³/mol. The Balaban J connectivity index is 1.58. The fraction of sp³-hybridized carbons (Fsp3) is 0.588. The number of phenols is 1. The Hall–Kier alpha value is -2.70. The highest BCUT2D eigenvalue weighted by molar-refractivity contribution is 5.96. The van der Waals surface area contributed by atoms with Crippen LogP contribution in [0.25, 0.3) is 0 Å². The van der Waals surface area contributed by atoms with Crippen LogP contribution in [0.5, 0.6) is 5.75 Å². The molecule has 1 saturated carbocycles. The molecule has 2 aromatic carbocycles. The molecule has 4 rings (SSSR count). The lowest BCUT2D eigenvalue weighted by Gasteiger charge is -2.53. The third-order valence-electron chi connectivity index (χ3n) is 9.22. The lowest BCUT2D eigenvalue weighted by atomic mass is 9.61. The van der Waals surface area contributed by atoms with E-state index in [0.29, 0.717) is 36.4 Å². The molecule has 2 aromatic rings. The van der Waals surface area contributed by atoms with Gasteiger partial charge in [0.25, 0.3) is 5.91 Å². The van der Waals surface area contributed by atoms with Crippen LogP contribution in [0, 0.1) is 23.7 Å². The Morgan fingerprint density at radius 2 is 1.82 bits per heavy atom. The third-order valence-corrected chi connectivity index (χ3v) is 9.22. The van der Waals surface area contributed by atoms with Crippen molar-refractivity contribution >= 4 is 11.7 Å². The Morgan fingerprint density at radius 3 is 2.52 bits per heavy atom. The number of rotatable bonds is 9. The number of aliphatic hydroxyl groups excluding tert-OH is 1. The molecule has 2 fully saturated rings. The van der Waals surface area contributed by atoms with Gasteiger partial charge in [-0.15, -0.1) is 0 Å². The SMILES string of the molecule is Cc1c(O)cccc1C(=O)NC(Cc1ccccc1)[C@H](O)CN1C[C@H]2CCCC[C@@]2(C)CC1C(=O)CC(C)(C)C. The molecule has 0 spiro atoms. The highest BCUT2D eigenvalue weighted by Crippen LogP contribution is 2.49. The Labute approximate surface area is 240 Å². The van der Waals surface area contributed by atoms with Crippen LogP contribution in [-0.2, 0) is 11.2 Å². The van der Waals surface area contributed by atoms with Crippen LogP contribution in [0.1, 0.15) is 87.7 Å². The summed E-state index contributed by atoms with van der Waals surface area (Å²) in [7, 11) is 0. The minimum Gasteiger partial charge on any atom is -0.508 e. The summed E-state index contributed by atoms with van der Waals surface area (Å²) in [6.07, 6.45) is 5.67. The summed E-state index contributed by atoms with van der Waals surface area (Å²) < 4.78 is 0. The van der Waals surface area contributed by atoms with Gasteiger partial charge in [0.1, 0.15) is 5.75 Å². The number of nitrogens with one attached hydrogen (secondary N) is 1. The first kappa shape index (κ1) is 30.3. The number of piperidine rings is 1. The number of amides is 1. The van der Waals surface area contributed by atoms with Crippen LogP contribution in [0.2, 0.25) is 0 Å². The average molecular weight is 549 g/mol. The highest BCUT2D eigenvalue weighted by Gasteiger charge is 2.47. The number of fused-ring (bicyclic) bond motifs is 1. The van der Waals surface area contributed by atoms with Gasteiger partial charge in [0, 0.05) is 30.6 Å². The number of Topliss-reactive ketones (excluding diaryl/α,β-unsaturated/α-hetero) is 1. The van der Waals surface area contributed by atoms with Crippen molar-refractivity contribution in [2.75, 3.05) is 13.1 Å². The predicted octanol–water partition coefficient (Wildman–Crippen LogP) is 5.68. The molecule has 0 radical (unpaired) electrons. The van der Waals surface area contributed by atoms with Crippen molar-refractivity contribution in [1.29, 1.82) is 0 Å². The number of phenolic OH excluding ortho intramolecular Hbond substituents is 1. The molecule has 1 aliphatic carbocycles. The van der Waals surface area contributed by atoms with Crippen LogP contribution in [0.15, 0.2) is 48.5 Å². The lowest BCUT2D eigenvalue weighted by molar-refractivity contribution is -0.134. The summed E-state index contributed by atoms with van der Waals surface area (Å²) in [5, 5.41) is 24.9. The number of ketones is 1. The van der Waals surface area contributed by atoms with Crippen LogP contribution >= 0.6 is 0 Å². The number of benzene rings is 2. The molecule has 5 atom stereocenters. The smallest absolute Gasteiger partial charge is 0.252 e. The number of carbonyl (C=O) groups is 2. The van der Waals surface area contributed by atoms with Crippen LogP contribution in [0.3, 0.4) is 0 Å². The number of carbonyl (C=O) groups excluding carboxylic acids is 2. The van der Waals surface area contributed by atoms with Gasteiger partial charge in [-0.05, 0) is 67.1 Å². The molecule has 40 heavy (non-hydrogen) atoms. The summed E-state index contributed by atoms with van der Waals surface area (Å²) in [5.74, 6) is 0.498. The van der Waals surface area contributed by atoms with Crippen molar-refractivity contribution in [3.63, 3.8) is 0 Å². The largest absolute Gasteiger partial charge is 0.508 e. The second kappa shape index (κ2) is 12.4. The van der Waals surface area contributed by atoms with Crippen LogP contribution < -0.4 is 5.32 Å². The van der Waals surface area contributed by atoms with E-state index in [2.05, 4.69) is 37.9 Å². The second-order valence-electron chi connectivity index (χ2n) is 13.8. The Bertz CT molecular complexity index is 1170. The van der Waals surface area contributed by atoms with Gasteiger partial charge in [0.2, 0.25) is 0 Å². The van der Waals surface area contributed by atoms with E-state index in [9.17, 15) is 19.8 Å². The van der Waals surface area contributed by atoms with Crippen molar-refractivity contribution in [3.05, 3.63) is 65.2 Å². The van der Waals surface area contributed by atoms with Gasteiger partial charge in [-0.25, -0.2) is 0 Å². The maximum atomic E-state index is 13.7. The van der Waals surface area contributed by atoms with Crippen molar-refractivity contribution < 1.29 is 19.8 Å². The van der Waals surface area contributed by atoms with Crippen LogP contribution in [-0.4, -0.2) is 58.1 Å². The first-order chi connectivity index (χ1) is 18.9. The summed E-state index contributed by atoms with van der Waals surface area (Å²) in [6.45, 7) is 11.5. The lowest BCUT2D eigenvalue weighted by Crippen LogP contribution is -2.59. The number of likely N-dealkylation sites (tertiary alicyclic amines) is 1. The van der Waals surface area contributed by atoms with E-state index in [-0.39, 0.29) is 34.3 Å².